The summed E-state index contributed by atoms with van der Waals surface area (Å²) in [6.45, 7) is 5.24. The van der Waals surface area contributed by atoms with E-state index in [9.17, 15) is 0 Å². The zero-order chi connectivity index (χ0) is 13.4. The summed E-state index contributed by atoms with van der Waals surface area (Å²) >= 11 is 3.71. The van der Waals surface area contributed by atoms with Gasteiger partial charge >= 0.3 is 0 Å². The Morgan fingerprint density at radius 1 is 1.17 bits per heavy atom. The molecule has 0 aliphatic rings. The molecular formula is C15H23BrO2. The van der Waals surface area contributed by atoms with Crippen molar-refractivity contribution in [3.8, 4) is 11.5 Å². The van der Waals surface area contributed by atoms with Crippen LogP contribution in [0.2, 0.25) is 0 Å². The van der Waals surface area contributed by atoms with Crippen LogP contribution in [-0.2, 0) is 0 Å². The lowest BCUT2D eigenvalue weighted by atomic mass is 10.1. The Hall–Kier alpha value is -0.700. The SMILES string of the molecule is COc1ccccc1OCCCC(Br)CC(C)C. The number of ether oxygens (including phenoxy) is 2. The van der Waals surface area contributed by atoms with Gasteiger partial charge in [0.2, 0.25) is 0 Å². The van der Waals surface area contributed by atoms with E-state index >= 15 is 0 Å². The van der Waals surface area contributed by atoms with Crippen LogP contribution >= 0.6 is 15.9 Å². The largest absolute Gasteiger partial charge is 0.493 e. The molecule has 1 aromatic rings. The molecule has 1 rings (SSSR count). The van der Waals surface area contributed by atoms with Crippen molar-refractivity contribution in [2.24, 2.45) is 5.92 Å². The van der Waals surface area contributed by atoms with Crippen molar-refractivity contribution in [1.82, 2.24) is 0 Å². The fourth-order valence-electron chi connectivity index (χ4n) is 1.85. The van der Waals surface area contributed by atoms with Crippen molar-refractivity contribution in [2.75, 3.05) is 13.7 Å². The average molecular weight is 315 g/mol. The Morgan fingerprint density at radius 2 is 1.83 bits per heavy atom. The van der Waals surface area contributed by atoms with E-state index in [-0.39, 0.29) is 0 Å². The summed E-state index contributed by atoms with van der Waals surface area (Å²) in [7, 11) is 1.67. The van der Waals surface area contributed by atoms with Gasteiger partial charge in [-0.2, -0.15) is 0 Å². The van der Waals surface area contributed by atoms with Crippen LogP contribution in [0.3, 0.4) is 0 Å². The van der Waals surface area contributed by atoms with Crippen molar-refractivity contribution in [2.45, 2.75) is 37.9 Å². The molecule has 0 saturated carbocycles. The van der Waals surface area contributed by atoms with E-state index in [4.69, 9.17) is 9.47 Å². The zero-order valence-corrected chi connectivity index (χ0v) is 13.1. The van der Waals surface area contributed by atoms with Crippen LogP contribution in [0.4, 0.5) is 0 Å². The van der Waals surface area contributed by atoms with Crippen LogP contribution in [0.5, 0.6) is 11.5 Å². The third-order valence-corrected chi connectivity index (χ3v) is 3.55. The number of hydrogen-bond donors (Lipinski definition) is 0. The van der Waals surface area contributed by atoms with E-state index in [1.54, 1.807) is 7.11 Å². The normalized spacial score (nSPS) is 12.5. The van der Waals surface area contributed by atoms with Gasteiger partial charge in [0.25, 0.3) is 0 Å². The number of alkyl halides is 1. The van der Waals surface area contributed by atoms with Crippen molar-refractivity contribution in [1.29, 1.82) is 0 Å². The Morgan fingerprint density at radius 3 is 2.44 bits per heavy atom. The number of rotatable bonds is 8. The summed E-state index contributed by atoms with van der Waals surface area (Å²) in [6.07, 6.45) is 3.42. The van der Waals surface area contributed by atoms with Gasteiger partial charge in [-0.05, 0) is 37.3 Å². The first-order valence-corrected chi connectivity index (χ1v) is 7.45. The smallest absolute Gasteiger partial charge is 0.161 e. The van der Waals surface area contributed by atoms with E-state index in [1.807, 2.05) is 24.3 Å². The van der Waals surface area contributed by atoms with Gasteiger partial charge in [0.15, 0.2) is 11.5 Å². The molecule has 0 radical (unpaired) electrons. The maximum atomic E-state index is 5.74. The van der Waals surface area contributed by atoms with Crippen molar-refractivity contribution >= 4 is 15.9 Å². The Bertz CT molecular complexity index is 339. The molecule has 0 amide bonds. The molecule has 1 atom stereocenters. The van der Waals surface area contributed by atoms with Crippen LogP contribution in [0.1, 0.15) is 33.1 Å². The molecule has 0 aliphatic heterocycles. The Labute approximate surface area is 119 Å². The predicted molar refractivity (Wildman–Crippen MR) is 79.9 cm³/mol. The summed E-state index contributed by atoms with van der Waals surface area (Å²) < 4.78 is 11.0. The number of halogens is 1. The van der Waals surface area contributed by atoms with Crippen molar-refractivity contribution in [3.63, 3.8) is 0 Å². The van der Waals surface area contributed by atoms with Crippen LogP contribution in [-0.4, -0.2) is 18.5 Å². The minimum atomic E-state index is 0.596. The predicted octanol–water partition coefficient (Wildman–Crippen LogP) is 4.66. The third kappa shape index (κ3) is 5.76. The third-order valence-electron chi connectivity index (χ3n) is 2.72. The molecular weight excluding hydrogens is 292 g/mol. The summed E-state index contributed by atoms with van der Waals surface area (Å²) in [5.41, 5.74) is 0. The minimum Gasteiger partial charge on any atom is -0.493 e. The molecule has 0 aliphatic carbocycles. The van der Waals surface area contributed by atoms with Gasteiger partial charge < -0.3 is 9.47 Å². The number of hydrogen-bond acceptors (Lipinski definition) is 2. The quantitative estimate of drug-likeness (QED) is 0.513. The fourth-order valence-corrected chi connectivity index (χ4v) is 2.93. The second kappa shape index (κ2) is 8.41. The summed E-state index contributed by atoms with van der Waals surface area (Å²) in [4.78, 5) is 0.596. The monoisotopic (exact) mass is 314 g/mol. The molecule has 0 N–H and O–H groups in total. The zero-order valence-electron chi connectivity index (χ0n) is 11.5. The summed E-state index contributed by atoms with van der Waals surface area (Å²) in [6, 6.07) is 7.77. The van der Waals surface area contributed by atoms with E-state index in [0.717, 1.165) is 36.9 Å². The lowest BCUT2D eigenvalue weighted by Crippen LogP contribution is -2.06. The first kappa shape index (κ1) is 15.4. The maximum absolute atomic E-state index is 5.74. The molecule has 1 aromatic carbocycles. The molecule has 102 valence electrons. The molecule has 1 unspecified atom stereocenters. The molecule has 0 saturated heterocycles. The first-order chi connectivity index (χ1) is 8.63. The highest BCUT2D eigenvalue weighted by atomic mass is 79.9. The van der Waals surface area contributed by atoms with E-state index in [1.165, 1.54) is 6.42 Å². The van der Waals surface area contributed by atoms with Gasteiger partial charge in [0, 0.05) is 4.83 Å². The van der Waals surface area contributed by atoms with Crippen LogP contribution in [0.25, 0.3) is 0 Å². The number of benzene rings is 1. The van der Waals surface area contributed by atoms with Gasteiger partial charge in [0.1, 0.15) is 0 Å². The second-order valence-electron chi connectivity index (χ2n) is 4.87. The topological polar surface area (TPSA) is 18.5 Å². The highest BCUT2D eigenvalue weighted by Gasteiger charge is 2.07. The fraction of sp³-hybridized carbons (Fsp3) is 0.600. The molecule has 2 nitrogen and oxygen atoms in total. The lowest BCUT2D eigenvalue weighted by Gasteiger charge is -2.13. The highest BCUT2D eigenvalue weighted by molar-refractivity contribution is 9.09. The average Bonchev–Trinajstić information content (AvgIpc) is 2.34. The standard InChI is InChI=1S/C15H23BrO2/c1-12(2)11-13(16)7-6-10-18-15-9-5-4-8-14(15)17-3/h4-5,8-9,12-13H,6-7,10-11H2,1-3H3. The molecule has 0 heterocycles. The summed E-state index contributed by atoms with van der Waals surface area (Å²) in [5, 5.41) is 0. The summed E-state index contributed by atoms with van der Waals surface area (Å²) in [5.74, 6) is 2.37. The first-order valence-electron chi connectivity index (χ1n) is 6.53. The number of para-hydroxylation sites is 2. The minimum absolute atomic E-state index is 0.596. The molecule has 0 bridgehead atoms. The van der Waals surface area contributed by atoms with Crippen molar-refractivity contribution in [3.05, 3.63) is 24.3 Å². The van der Waals surface area contributed by atoms with Gasteiger partial charge in [-0.3, -0.25) is 0 Å². The van der Waals surface area contributed by atoms with Crippen molar-refractivity contribution < 1.29 is 9.47 Å². The van der Waals surface area contributed by atoms with Gasteiger partial charge in [0.05, 0.1) is 13.7 Å². The Balaban J connectivity index is 2.25. The number of methoxy groups -OCH3 is 1. The van der Waals surface area contributed by atoms with E-state index in [0.29, 0.717) is 4.83 Å². The molecule has 0 fully saturated rings. The van der Waals surface area contributed by atoms with E-state index < -0.39 is 0 Å². The van der Waals surface area contributed by atoms with Crippen LogP contribution in [0, 0.1) is 5.92 Å². The second-order valence-corrected chi connectivity index (χ2v) is 6.16. The molecule has 3 heteroatoms. The molecule has 0 spiro atoms. The highest BCUT2D eigenvalue weighted by Crippen LogP contribution is 2.26. The molecule has 18 heavy (non-hydrogen) atoms. The van der Waals surface area contributed by atoms with Gasteiger partial charge in [-0.15, -0.1) is 0 Å². The van der Waals surface area contributed by atoms with Crippen LogP contribution in [0.15, 0.2) is 24.3 Å². The maximum Gasteiger partial charge on any atom is 0.161 e. The lowest BCUT2D eigenvalue weighted by molar-refractivity contribution is 0.285. The van der Waals surface area contributed by atoms with Gasteiger partial charge in [-0.25, -0.2) is 0 Å². The van der Waals surface area contributed by atoms with Crippen LogP contribution < -0.4 is 9.47 Å². The Kier molecular flexibility index (Phi) is 7.18. The van der Waals surface area contributed by atoms with Gasteiger partial charge in [-0.1, -0.05) is 41.9 Å². The van der Waals surface area contributed by atoms with E-state index in [2.05, 4.69) is 29.8 Å². The molecule has 0 aromatic heterocycles.